The molecule has 0 saturated heterocycles. The van der Waals surface area contributed by atoms with Crippen LogP contribution in [0.25, 0.3) is 11.6 Å². The van der Waals surface area contributed by atoms with Crippen LogP contribution in [-0.2, 0) is 19.1 Å². The first-order chi connectivity index (χ1) is 13.5. The smallest absolute Gasteiger partial charge is 0.416 e. The molecule has 28 heavy (non-hydrogen) atoms. The molecule has 148 valence electrons. The van der Waals surface area contributed by atoms with E-state index in [0.717, 1.165) is 12.1 Å². The van der Waals surface area contributed by atoms with Gasteiger partial charge in [-0.15, -0.1) is 0 Å². The number of nitrogens with zero attached hydrogens (tertiary/aromatic N) is 3. The third-order valence-electron chi connectivity index (χ3n) is 3.89. The normalized spacial score (nSPS) is 12.2. The number of furan rings is 1. The van der Waals surface area contributed by atoms with Gasteiger partial charge in [0, 0.05) is 26.6 Å². The van der Waals surface area contributed by atoms with Crippen LogP contribution in [0.3, 0.4) is 0 Å². The molecule has 0 radical (unpaired) electrons. The van der Waals surface area contributed by atoms with Crippen molar-refractivity contribution in [2.24, 2.45) is 4.99 Å². The van der Waals surface area contributed by atoms with Gasteiger partial charge in [0.05, 0.1) is 11.8 Å². The minimum Gasteiger partial charge on any atom is -0.461 e. The van der Waals surface area contributed by atoms with Crippen molar-refractivity contribution in [3.05, 3.63) is 59.6 Å². The fraction of sp³-hybridized carbons (Fsp3) is 0.278. The van der Waals surface area contributed by atoms with E-state index in [4.69, 9.17) is 4.42 Å². The highest BCUT2D eigenvalue weighted by molar-refractivity contribution is 5.79. The fourth-order valence-corrected chi connectivity index (χ4v) is 2.44. The molecule has 0 amide bonds. The molecule has 0 atom stereocenters. The molecule has 2 heterocycles. The number of H-pyrrole nitrogens is 1. The van der Waals surface area contributed by atoms with Crippen molar-refractivity contribution in [1.82, 2.24) is 25.8 Å². The average Bonchev–Trinajstić information content (AvgIpc) is 3.35. The molecule has 0 aliphatic rings. The molecule has 3 N–H and O–H groups in total. The second-order valence-electron chi connectivity index (χ2n) is 5.88. The van der Waals surface area contributed by atoms with Crippen molar-refractivity contribution in [3.8, 4) is 11.6 Å². The Hall–Kier alpha value is -3.30. The van der Waals surface area contributed by atoms with Crippen LogP contribution in [0.4, 0.5) is 13.2 Å². The molecular weight excluding hydrogens is 373 g/mol. The highest BCUT2D eigenvalue weighted by Crippen LogP contribution is 2.29. The molecule has 1 aromatic carbocycles. The van der Waals surface area contributed by atoms with Crippen molar-refractivity contribution in [3.63, 3.8) is 0 Å². The highest BCUT2D eigenvalue weighted by Gasteiger charge is 2.29. The summed E-state index contributed by atoms with van der Waals surface area (Å²) < 4.78 is 43.0. The number of aromatic nitrogens is 3. The zero-order valence-electron chi connectivity index (χ0n) is 15.0. The molecule has 0 aliphatic carbocycles. The largest absolute Gasteiger partial charge is 0.461 e. The Balaban J connectivity index is 1.45. The number of aliphatic imine (C=N–C) groups is 1. The van der Waals surface area contributed by atoms with E-state index in [1.54, 1.807) is 25.4 Å². The summed E-state index contributed by atoms with van der Waals surface area (Å²) in [5, 5.41) is 13.1. The van der Waals surface area contributed by atoms with Crippen LogP contribution in [0.5, 0.6) is 0 Å². The molecule has 2 aromatic heterocycles. The second-order valence-corrected chi connectivity index (χ2v) is 5.88. The number of hydrogen-bond donors (Lipinski definition) is 3. The number of hydrogen-bond acceptors (Lipinski definition) is 4. The Morgan fingerprint density at radius 2 is 1.96 bits per heavy atom. The summed E-state index contributed by atoms with van der Waals surface area (Å²) >= 11 is 0. The minimum absolute atomic E-state index is 0.350. The molecule has 0 spiro atoms. The third kappa shape index (κ3) is 5.12. The quantitative estimate of drug-likeness (QED) is 0.443. The van der Waals surface area contributed by atoms with Crippen LogP contribution in [0.2, 0.25) is 0 Å². The molecule has 3 rings (SSSR count). The fourth-order valence-electron chi connectivity index (χ4n) is 2.44. The van der Waals surface area contributed by atoms with E-state index < -0.39 is 11.7 Å². The van der Waals surface area contributed by atoms with Gasteiger partial charge in [-0.05, 0) is 29.8 Å². The SMILES string of the molecule is CN=C(NCCc1nc(-c2ccco2)n[nH]1)NCc1ccc(C(F)(F)F)cc1. The Morgan fingerprint density at radius 3 is 2.61 bits per heavy atom. The van der Waals surface area contributed by atoms with E-state index in [2.05, 4.69) is 30.8 Å². The monoisotopic (exact) mass is 392 g/mol. The lowest BCUT2D eigenvalue weighted by atomic mass is 10.1. The summed E-state index contributed by atoms with van der Waals surface area (Å²) in [5.41, 5.74) is 0.0500. The Morgan fingerprint density at radius 1 is 1.18 bits per heavy atom. The summed E-state index contributed by atoms with van der Waals surface area (Å²) in [6.07, 6.45) is -2.20. The molecule has 0 fully saturated rings. The molecule has 0 aliphatic heterocycles. The van der Waals surface area contributed by atoms with Crippen LogP contribution in [0.1, 0.15) is 17.0 Å². The molecule has 0 unspecified atom stereocenters. The van der Waals surface area contributed by atoms with Crippen molar-refractivity contribution >= 4 is 5.96 Å². The van der Waals surface area contributed by atoms with Gasteiger partial charge in [0.1, 0.15) is 5.82 Å². The van der Waals surface area contributed by atoms with E-state index in [-0.39, 0.29) is 0 Å². The van der Waals surface area contributed by atoms with Gasteiger partial charge in [-0.3, -0.25) is 10.1 Å². The van der Waals surface area contributed by atoms with Gasteiger partial charge < -0.3 is 15.1 Å². The number of benzene rings is 1. The summed E-state index contributed by atoms with van der Waals surface area (Å²) in [5.74, 6) is 2.30. The van der Waals surface area contributed by atoms with E-state index >= 15 is 0 Å². The topological polar surface area (TPSA) is 91.1 Å². The van der Waals surface area contributed by atoms with E-state index in [9.17, 15) is 13.2 Å². The summed E-state index contributed by atoms with van der Waals surface area (Å²) in [6.45, 7) is 0.891. The number of guanidine groups is 1. The van der Waals surface area contributed by atoms with E-state index in [1.807, 2.05) is 0 Å². The predicted molar refractivity (Wildman–Crippen MR) is 97.4 cm³/mol. The number of aromatic amines is 1. The Bertz CT molecular complexity index is 900. The van der Waals surface area contributed by atoms with E-state index in [1.165, 1.54) is 12.1 Å². The molecule has 3 aromatic rings. The highest BCUT2D eigenvalue weighted by atomic mass is 19.4. The van der Waals surface area contributed by atoms with Gasteiger partial charge in [0.25, 0.3) is 0 Å². The molecular formula is C18H19F3N6O. The van der Waals surface area contributed by atoms with Crippen molar-refractivity contribution in [2.75, 3.05) is 13.6 Å². The lowest BCUT2D eigenvalue weighted by molar-refractivity contribution is -0.137. The number of rotatable bonds is 6. The van der Waals surface area contributed by atoms with Gasteiger partial charge in [-0.1, -0.05) is 12.1 Å². The Labute approximate surface area is 159 Å². The van der Waals surface area contributed by atoms with Gasteiger partial charge in [0.2, 0.25) is 5.82 Å². The second kappa shape index (κ2) is 8.59. The first-order valence-electron chi connectivity index (χ1n) is 8.51. The van der Waals surface area contributed by atoms with Crippen molar-refractivity contribution in [2.45, 2.75) is 19.1 Å². The first kappa shape index (κ1) is 19.5. The summed E-state index contributed by atoms with van der Waals surface area (Å²) in [7, 11) is 1.62. The maximum absolute atomic E-state index is 12.6. The maximum atomic E-state index is 12.6. The van der Waals surface area contributed by atoms with Crippen LogP contribution in [0, 0.1) is 0 Å². The minimum atomic E-state index is -4.33. The van der Waals surface area contributed by atoms with Gasteiger partial charge in [-0.25, -0.2) is 4.98 Å². The lowest BCUT2D eigenvalue weighted by Gasteiger charge is -2.12. The number of nitrogens with one attached hydrogen (secondary N) is 3. The number of halogens is 3. The molecule has 0 bridgehead atoms. The van der Waals surface area contributed by atoms with Crippen molar-refractivity contribution < 1.29 is 17.6 Å². The Kier molecular flexibility index (Phi) is 5.97. The lowest BCUT2D eigenvalue weighted by Crippen LogP contribution is -2.37. The molecule has 10 heteroatoms. The van der Waals surface area contributed by atoms with Gasteiger partial charge in [0.15, 0.2) is 11.7 Å². The van der Waals surface area contributed by atoms with Gasteiger partial charge in [-0.2, -0.15) is 18.3 Å². The predicted octanol–water partition coefficient (Wildman–Crippen LogP) is 2.99. The third-order valence-corrected chi connectivity index (χ3v) is 3.89. The van der Waals surface area contributed by atoms with Crippen LogP contribution in [-0.4, -0.2) is 34.7 Å². The van der Waals surface area contributed by atoms with Gasteiger partial charge >= 0.3 is 6.18 Å². The standard InChI is InChI=1S/C18H19F3N6O/c1-22-17(24-11-12-4-6-13(7-5-12)18(19,20)21)23-9-8-15-25-16(27-26-15)14-3-2-10-28-14/h2-7,10H,8-9,11H2,1H3,(H2,22,23,24)(H,25,26,27). The van der Waals surface area contributed by atoms with Crippen molar-refractivity contribution in [1.29, 1.82) is 0 Å². The van der Waals surface area contributed by atoms with Crippen LogP contribution < -0.4 is 10.6 Å². The van der Waals surface area contributed by atoms with Crippen LogP contribution in [0.15, 0.2) is 52.1 Å². The molecule has 7 nitrogen and oxygen atoms in total. The number of alkyl halides is 3. The zero-order valence-corrected chi connectivity index (χ0v) is 15.0. The first-order valence-corrected chi connectivity index (χ1v) is 8.51. The van der Waals surface area contributed by atoms with Crippen LogP contribution >= 0.6 is 0 Å². The summed E-state index contributed by atoms with van der Waals surface area (Å²) in [6, 6.07) is 8.54. The summed E-state index contributed by atoms with van der Waals surface area (Å²) in [4.78, 5) is 8.43. The molecule has 0 saturated carbocycles. The average molecular weight is 392 g/mol. The zero-order chi connectivity index (χ0) is 20.0. The van der Waals surface area contributed by atoms with E-state index in [0.29, 0.717) is 48.4 Å². The maximum Gasteiger partial charge on any atom is 0.416 e.